The number of carbonyl (C=O) groups is 4. The Labute approximate surface area is 241 Å². The average Bonchev–Trinajstić information content (AvgIpc) is 3.39. The Morgan fingerprint density at radius 3 is 2.22 bits per heavy atom. The van der Waals surface area contributed by atoms with Gasteiger partial charge in [0.05, 0.1) is 16.3 Å². The number of nitrogens with one attached hydrogen (secondary N) is 1. The van der Waals surface area contributed by atoms with E-state index in [1.165, 1.54) is 62.3 Å². The fraction of sp³-hybridized carbons (Fsp3) is 0.312. The number of hydrogen-bond donors (Lipinski definition) is 2. The van der Waals surface area contributed by atoms with Crippen LogP contribution in [0.4, 0.5) is 10.5 Å². The number of nitrogens with zero attached hydrogens (tertiary/aromatic N) is 1. The molecule has 9 heteroatoms. The number of urea groups is 1. The third-order valence-electron chi connectivity index (χ3n) is 9.28. The van der Waals surface area contributed by atoms with E-state index in [9.17, 15) is 24.3 Å². The van der Waals surface area contributed by atoms with Crippen molar-refractivity contribution in [2.45, 2.75) is 43.9 Å². The van der Waals surface area contributed by atoms with Crippen LogP contribution in [-0.2, 0) is 15.0 Å². The lowest BCUT2D eigenvalue weighted by Crippen LogP contribution is -2.54. The van der Waals surface area contributed by atoms with E-state index in [1.54, 1.807) is 30.3 Å². The van der Waals surface area contributed by atoms with E-state index >= 15 is 0 Å². The molecule has 2 aromatic carbocycles. The second-order valence-corrected chi connectivity index (χ2v) is 12.3. The summed E-state index contributed by atoms with van der Waals surface area (Å²) in [4.78, 5) is 51.1. The van der Waals surface area contributed by atoms with Crippen molar-refractivity contribution in [2.75, 3.05) is 4.90 Å². The molecule has 0 radical (unpaired) electrons. The van der Waals surface area contributed by atoms with Gasteiger partial charge in [0.25, 0.3) is 11.8 Å². The van der Waals surface area contributed by atoms with Crippen LogP contribution in [0.2, 0.25) is 5.02 Å². The zero-order chi connectivity index (χ0) is 28.5. The summed E-state index contributed by atoms with van der Waals surface area (Å²) >= 11 is 6.08. The van der Waals surface area contributed by atoms with Crippen molar-refractivity contribution in [3.8, 4) is 11.3 Å². The van der Waals surface area contributed by atoms with E-state index in [0.717, 1.165) is 22.7 Å². The summed E-state index contributed by atoms with van der Waals surface area (Å²) in [6.45, 7) is 0. The molecule has 0 atom stereocenters. The molecule has 3 aromatic rings. The molecule has 8 rings (SSSR count). The molecule has 5 aliphatic rings. The number of anilines is 1. The van der Waals surface area contributed by atoms with E-state index in [2.05, 4.69) is 5.32 Å². The van der Waals surface area contributed by atoms with Gasteiger partial charge in [-0.15, -0.1) is 0 Å². The van der Waals surface area contributed by atoms with Crippen LogP contribution in [0.15, 0.2) is 64.6 Å². The van der Waals surface area contributed by atoms with Gasteiger partial charge in [0, 0.05) is 5.56 Å². The fourth-order valence-corrected chi connectivity index (χ4v) is 8.15. The second kappa shape index (κ2) is 9.45. The minimum atomic E-state index is -1.14. The van der Waals surface area contributed by atoms with Crippen LogP contribution in [-0.4, -0.2) is 28.9 Å². The largest absolute Gasteiger partial charge is 0.478 e. The van der Waals surface area contributed by atoms with Crippen LogP contribution in [0.25, 0.3) is 17.4 Å². The molecule has 1 saturated heterocycles. The highest BCUT2D eigenvalue weighted by Crippen LogP contribution is 2.60. The van der Waals surface area contributed by atoms with E-state index in [-0.39, 0.29) is 27.3 Å². The predicted molar refractivity (Wildman–Crippen MR) is 151 cm³/mol. The summed E-state index contributed by atoms with van der Waals surface area (Å²) in [5.41, 5.74) is 2.11. The Bertz CT molecular complexity index is 1620. The second-order valence-electron chi connectivity index (χ2n) is 11.9. The number of carbonyl (C=O) groups excluding carboxylic acids is 3. The number of benzene rings is 2. The summed E-state index contributed by atoms with van der Waals surface area (Å²) in [6.07, 6.45) is 8.98. The standard InChI is InChI=1S/C32H27ClN2O6/c33-26-12-20(1-7-24(26)30(38)39)27-8-6-23(41-27)13-25-28(36)34-31(40)35(29(25)37)22-4-2-21(3-5-22)32-14-17-9-18(15-32)11-19(10-17)16-32/h1-8,12-13,17-19H,9-11,14-16H2,(H,38,39)(H,34,36,40)/b25-13+. The molecular weight excluding hydrogens is 544 g/mol. The van der Waals surface area contributed by atoms with Crippen LogP contribution in [0.1, 0.15) is 60.2 Å². The minimum Gasteiger partial charge on any atom is -0.478 e. The summed E-state index contributed by atoms with van der Waals surface area (Å²) in [5.74, 6) is 0.291. The van der Waals surface area contributed by atoms with Gasteiger partial charge >= 0.3 is 12.0 Å². The molecule has 2 N–H and O–H groups in total. The van der Waals surface area contributed by atoms with Crippen molar-refractivity contribution in [1.82, 2.24) is 5.32 Å². The maximum Gasteiger partial charge on any atom is 0.337 e. The summed E-state index contributed by atoms with van der Waals surface area (Å²) in [6, 6.07) is 14.5. The van der Waals surface area contributed by atoms with Gasteiger partial charge in [0.2, 0.25) is 0 Å². The third-order valence-corrected chi connectivity index (χ3v) is 9.59. The first-order valence-electron chi connectivity index (χ1n) is 13.8. The Balaban J connectivity index is 1.14. The highest BCUT2D eigenvalue weighted by atomic mass is 35.5. The zero-order valence-electron chi connectivity index (χ0n) is 22.1. The first-order chi connectivity index (χ1) is 19.7. The molecule has 2 heterocycles. The quantitative estimate of drug-likeness (QED) is 0.269. The molecule has 4 amide bonds. The van der Waals surface area contributed by atoms with Crippen molar-refractivity contribution in [1.29, 1.82) is 0 Å². The maximum absolute atomic E-state index is 13.4. The van der Waals surface area contributed by atoms with Crippen LogP contribution in [0, 0.1) is 17.8 Å². The van der Waals surface area contributed by atoms with Crippen LogP contribution in [0.3, 0.4) is 0 Å². The number of carboxylic acid groups (broad SMARTS) is 1. The first-order valence-corrected chi connectivity index (χ1v) is 14.2. The van der Waals surface area contributed by atoms with Crippen molar-refractivity contribution >= 4 is 47.2 Å². The van der Waals surface area contributed by atoms with Gasteiger partial charge in [0.15, 0.2) is 0 Å². The van der Waals surface area contributed by atoms with Gasteiger partial charge in [0.1, 0.15) is 17.1 Å². The molecule has 4 aliphatic carbocycles. The average molecular weight is 571 g/mol. The number of halogens is 1. The van der Waals surface area contributed by atoms with Gasteiger partial charge in [-0.3, -0.25) is 14.9 Å². The fourth-order valence-electron chi connectivity index (χ4n) is 7.89. The SMILES string of the molecule is O=C1NC(=O)N(c2ccc(C34CC5CC(CC(C5)C3)C4)cc2)C(=O)/C1=C/c1ccc(-c2ccc(C(=O)O)c(Cl)c2)o1. The lowest BCUT2D eigenvalue weighted by molar-refractivity contribution is -0.122. The molecule has 4 saturated carbocycles. The Morgan fingerprint density at radius 1 is 0.951 bits per heavy atom. The van der Waals surface area contributed by atoms with E-state index in [4.69, 9.17) is 16.0 Å². The minimum absolute atomic E-state index is 0.0375. The Hall–Kier alpha value is -4.17. The van der Waals surface area contributed by atoms with Gasteiger partial charge in [-0.2, -0.15) is 0 Å². The first kappa shape index (κ1) is 25.8. The zero-order valence-corrected chi connectivity index (χ0v) is 22.8. The molecule has 0 spiro atoms. The molecule has 4 bridgehead atoms. The Kier molecular flexibility index (Phi) is 5.94. The number of aromatic carboxylic acids is 1. The van der Waals surface area contributed by atoms with Crippen molar-refractivity contribution in [3.05, 3.63) is 82.1 Å². The summed E-state index contributed by atoms with van der Waals surface area (Å²) < 4.78 is 5.81. The number of amides is 4. The molecule has 0 unspecified atom stereocenters. The smallest absolute Gasteiger partial charge is 0.337 e. The number of rotatable bonds is 5. The normalized spacial score (nSPS) is 27.9. The highest BCUT2D eigenvalue weighted by molar-refractivity contribution is 6.39. The monoisotopic (exact) mass is 570 g/mol. The van der Waals surface area contributed by atoms with Gasteiger partial charge in [-0.25, -0.2) is 14.5 Å². The van der Waals surface area contributed by atoms with Gasteiger partial charge < -0.3 is 9.52 Å². The number of barbiturate groups is 1. The summed E-state index contributed by atoms with van der Waals surface area (Å²) in [7, 11) is 0. The molecule has 1 aromatic heterocycles. The van der Waals surface area contributed by atoms with Crippen molar-refractivity contribution < 1.29 is 28.7 Å². The number of imide groups is 2. The number of hydrogen-bond acceptors (Lipinski definition) is 5. The lowest BCUT2D eigenvalue weighted by Gasteiger charge is -2.57. The van der Waals surface area contributed by atoms with Crippen molar-refractivity contribution in [3.63, 3.8) is 0 Å². The molecule has 41 heavy (non-hydrogen) atoms. The third kappa shape index (κ3) is 4.37. The van der Waals surface area contributed by atoms with Gasteiger partial charge in [-0.05, 0) is 110 Å². The summed E-state index contributed by atoms with van der Waals surface area (Å²) in [5, 5.41) is 11.5. The Morgan fingerprint density at radius 2 is 1.61 bits per heavy atom. The molecular formula is C32H27ClN2O6. The number of carboxylic acids is 1. The van der Waals surface area contributed by atoms with Gasteiger partial charge in [-0.1, -0.05) is 29.8 Å². The number of furan rings is 1. The maximum atomic E-state index is 13.4. The van der Waals surface area contributed by atoms with Crippen LogP contribution < -0.4 is 10.2 Å². The highest BCUT2D eigenvalue weighted by Gasteiger charge is 2.51. The van der Waals surface area contributed by atoms with Crippen LogP contribution in [0.5, 0.6) is 0 Å². The molecule has 208 valence electrons. The molecule has 1 aliphatic heterocycles. The lowest BCUT2D eigenvalue weighted by atomic mass is 9.48. The van der Waals surface area contributed by atoms with E-state index < -0.39 is 23.8 Å². The van der Waals surface area contributed by atoms with E-state index in [0.29, 0.717) is 17.0 Å². The molecule has 5 fully saturated rings. The predicted octanol–water partition coefficient (Wildman–Crippen LogP) is 6.43. The van der Waals surface area contributed by atoms with Crippen LogP contribution >= 0.6 is 11.6 Å². The van der Waals surface area contributed by atoms with Crippen molar-refractivity contribution in [2.24, 2.45) is 17.8 Å². The van der Waals surface area contributed by atoms with E-state index in [1.807, 2.05) is 12.1 Å². The topological polar surface area (TPSA) is 117 Å². The molecule has 8 nitrogen and oxygen atoms in total.